The van der Waals surface area contributed by atoms with E-state index in [1.54, 1.807) is 24.6 Å². The zero-order valence-electron chi connectivity index (χ0n) is 16.2. The summed E-state index contributed by atoms with van der Waals surface area (Å²) in [5.74, 6) is 1.81. The number of rotatable bonds is 3. The fourth-order valence-electron chi connectivity index (χ4n) is 3.51. The average Bonchev–Trinajstić information content (AvgIpc) is 3.18. The second-order valence-electron chi connectivity index (χ2n) is 7.04. The van der Waals surface area contributed by atoms with Gasteiger partial charge in [0.15, 0.2) is 17.6 Å². The molecule has 0 saturated carbocycles. The molecule has 0 unspecified atom stereocenters. The second-order valence-corrected chi connectivity index (χ2v) is 8.04. The van der Waals surface area contributed by atoms with Gasteiger partial charge in [-0.05, 0) is 43.2 Å². The number of fused-ring (bicyclic) bond motifs is 4. The van der Waals surface area contributed by atoms with E-state index in [4.69, 9.17) is 19.2 Å². The molecule has 0 amide bonds. The number of thiazole rings is 1. The van der Waals surface area contributed by atoms with E-state index in [1.165, 1.54) is 0 Å². The van der Waals surface area contributed by atoms with E-state index in [2.05, 4.69) is 16.0 Å². The second kappa shape index (κ2) is 6.82. The average molecular weight is 409 g/mol. The fourth-order valence-corrected chi connectivity index (χ4v) is 4.66. The Hall–Kier alpha value is -2.97. The molecule has 29 heavy (non-hydrogen) atoms. The van der Waals surface area contributed by atoms with E-state index >= 15 is 0 Å². The molecule has 4 aromatic rings. The summed E-state index contributed by atoms with van der Waals surface area (Å²) in [4.78, 5) is 14.0. The van der Waals surface area contributed by atoms with Gasteiger partial charge in [-0.15, -0.1) is 11.3 Å². The van der Waals surface area contributed by atoms with E-state index in [1.807, 2.05) is 26.0 Å². The molecule has 0 spiro atoms. The lowest BCUT2D eigenvalue weighted by atomic mass is 10.1. The summed E-state index contributed by atoms with van der Waals surface area (Å²) < 4.78 is 17.9. The number of aryl methyl sites for hydroxylation is 2. The van der Waals surface area contributed by atoms with Gasteiger partial charge in [-0.1, -0.05) is 0 Å². The van der Waals surface area contributed by atoms with E-state index in [9.17, 15) is 5.11 Å². The van der Waals surface area contributed by atoms with Crippen LogP contribution in [0.1, 0.15) is 11.1 Å². The molecule has 0 bridgehead atoms. The normalized spacial score (nSPS) is 15.8. The van der Waals surface area contributed by atoms with Gasteiger partial charge < -0.3 is 19.3 Å². The van der Waals surface area contributed by atoms with E-state index in [-0.39, 0.29) is 12.7 Å². The SMILES string of the molecule is COc1cnc2c(-c3nc4c(C)cc5c(c4s3)OC[C@H](CO)O5)cc(C)cc2n1. The highest BCUT2D eigenvalue weighted by atomic mass is 32.1. The van der Waals surface area contributed by atoms with Gasteiger partial charge in [0, 0.05) is 5.56 Å². The highest BCUT2D eigenvalue weighted by Gasteiger charge is 2.26. The molecule has 1 aliphatic rings. The molecule has 2 aromatic carbocycles. The number of aliphatic hydroxyl groups excluding tert-OH is 1. The zero-order valence-corrected chi connectivity index (χ0v) is 17.0. The predicted molar refractivity (Wildman–Crippen MR) is 111 cm³/mol. The van der Waals surface area contributed by atoms with Crippen LogP contribution in [-0.4, -0.2) is 46.5 Å². The first-order valence-electron chi connectivity index (χ1n) is 9.23. The van der Waals surface area contributed by atoms with Crippen LogP contribution in [0.4, 0.5) is 0 Å². The molecule has 3 heterocycles. The highest BCUT2D eigenvalue weighted by molar-refractivity contribution is 7.22. The standard InChI is InChI=1S/C21H19N3O4S/c1-10-4-13(18-14(5-10)23-16(26-3)7-22-18)21-24-17-11(2)6-15-19(20(17)29-21)27-9-12(8-25)28-15/h4-7,12,25H,8-9H2,1-3H3/t12-/m0/s1. The van der Waals surface area contributed by atoms with Crippen molar-refractivity contribution in [2.24, 2.45) is 0 Å². The van der Waals surface area contributed by atoms with Crippen molar-refractivity contribution in [1.82, 2.24) is 15.0 Å². The number of nitrogens with zero attached hydrogens (tertiary/aromatic N) is 3. The van der Waals surface area contributed by atoms with Gasteiger partial charge in [0.25, 0.3) is 0 Å². The fraction of sp³-hybridized carbons (Fsp3) is 0.286. The topological polar surface area (TPSA) is 86.6 Å². The molecular formula is C21H19N3O4S. The smallest absolute Gasteiger partial charge is 0.232 e. The first-order chi connectivity index (χ1) is 14.1. The molecule has 0 fully saturated rings. The molecule has 0 saturated heterocycles. The minimum absolute atomic E-state index is 0.0815. The Bertz CT molecular complexity index is 1250. The van der Waals surface area contributed by atoms with Crippen LogP contribution in [0.5, 0.6) is 17.4 Å². The van der Waals surface area contributed by atoms with Crippen LogP contribution in [0.15, 0.2) is 24.4 Å². The number of methoxy groups -OCH3 is 1. The highest BCUT2D eigenvalue weighted by Crippen LogP contribution is 2.45. The molecule has 8 heteroatoms. The van der Waals surface area contributed by atoms with Gasteiger partial charge >= 0.3 is 0 Å². The van der Waals surface area contributed by atoms with Crippen LogP contribution < -0.4 is 14.2 Å². The van der Waals surface area contributed by atoms with E-state index in [0.29, 0.717) is 24.0 Å². The lowest BCUT2D eigenvalue weighted by molar-refractivity contribution is 0.0468. The molecule has 0 radical (unpaired) electrons. The summed E-state index contributed by atoms with van der Waals surface area (Å²) in [5.41, 5.74) is 5.41. The molecule has 1 aliphatic heterocycles. The Morgan fingerprint density at radius 1 is 1.21 bits per heavy atom. The third-order valence-electron chi connectivity index (χ3n) is 4.90. The summed E-state index contributed by atoms with van der Waals surface area (Å²) in [6.07, 6.45) is 1.27. The monoisotopic (exact) mass is 409 g/mol. The summed E-state index contributed by atoms with van der Waals surface area (Å²) in [5, 5.41) is 10.2. The van der Waals surface area contributed by atoms with Gasteiger partial charge in [-0.3, -0.25) is 0 Å². The van der Waals surface area contributed by atoms with Crippen molar-refractivity contribution in [2.45, 2.75) is 20.0 Å². The number of hydrogen-bond donors (Lipinski definition) is 1. The third kappa shape index (κ3) is 2.95. The Morgan fingerprint density at radius 3 is 2.86 bits per heavy atom. The Morgan fingerprint density at radius 2 is 2.07 bits per heavy atom. The quantitative estimate of drug-likeness (QED) is 0.552. The molecule has 5 rings (SSSR count). The molecule has 2 aromatic heterocycles. The van der Waals surface area contributed by atoms with E-state index < -0.39 is 0 Å². The summed E-state index contributed by atoms with van der Waals surface area (Å²) in [6, 6.07) is 5.98. The Balaban J connectivity index is 1.72. The number of aromatic nitrogens is 3. The van der Waals surface area contributed by atoms with Crippen molar-refractivity contribution in [3.8, 4) is 28.0 Å². The van der Waals surface area contributed by atoms with Crippen molar-refractivity contribution < 1.29 is 19.3 Å². The molecule has 1 N–H and O–H groups in total. The van der Waals surface area contributed by atoms with Crippen molar-refractivity contribution in [3.63, 3.8) is 0 Å². The molecule has 0 aliphatic carbocycles. The Labute approximate surface area is 170 Å². The summed E-state index contributed by atoms with van der Waals surface area (Å²) in [6.45, 7) is 4.25. The summed E-state index contributed by atoms with van der Waals surface area (Å²) in [7, 11) is 1.58. The largest absolute Gasteiger partial charge is 0.484 e. The van der Waals surface area contributed by atoms with Crippen LogP contribution in [0.25, 0.3) is 31.8 Å². The van der Waals surface area contributed by atoms with Gasteiger partial charge in [-0.25, -0.2) is 15.0 Å². The first-order valence-corrected chi connectivity index (χ1v) is 10.0. The van der Waals surface area contributed by atoms with Gasteiger partial charge in [0.2, 0.25) is 5.88 Å². The van der Waals surface area contributed by atoms with Crippen LogP contribution in [0.2, 0.25) is 0 Å². The van der Waals surface area contributed by atoms with Crippen LogP contribution >= 0.6 is 11.3 Å². The molecular weight excluding hydrogens is 390 g/mol. The van der Waals surface area contributed by atoms with Gasteiger partial charge in [-0.2, -0.15) is 0 Å². The molecule has 1 atom stereocenters. The van der Waals surface area contributed by atoms with Gasteiger partial charge in [0.1, 0.15) is 16.3 Å². The number of ether oxygens (including phenoxy) is 3. The maximum absolute atomic E-state index is 9.38. The van der Waals surface area contributed by atoms with Crippen LogP contribution in [0.3, 0.4) is 0 Å². The number of hydrogen-bond acceptors (Lipinski definition) is 8. The van der Waals surface area contributed by atoms with Gasteiger partial charge in [0.05, 0.1) is 36.5 Å². The maximum Gasteiger partial charge on any atom is 0.232 e. The van der Waals surface area contributed by atoms with Crippen molar-refractivity contribution >= 4 is 32.6 Å². The lowest BCUT2D eigenvalue weighted by Crippen LogP contribution is -2.32. The molecule has 148 valence electrons. The maximum atomic E-state index is 9.38. The zero-order chi connectivity index (χ0) is 20.1. The lowest BCUT2D eigenvalue weighted by Gasteiger charge is -2.25. The Kier molecular flexibility index (Phi) is 4.25. The summed E-state index contributed by atoms with van der Waals surface area (Å²) >= 11 is 1.54. The van der Waals surface area contributed by atoms with E-state index in [0.717, 1.165) is 42.9 Å². The van der Waals surface area contributed by atoms with Crippen LogP contribution in [-0.2, 0) is 0 Å². The minimum Gasteiger partial charge on any atom is -0.484 e. The van der Waals surface area contributed by atoms with Crippen molar-refractivity contribution in [3.05, 3.63) is 35.5 Å². The van der Waals surface area contributed by atoms with Crippen molar-refractivity contribution in [2.75, 3.05) is 20.3 Å². The third-order valence-corrected chi connectivity index (χ3v) is 5.98. The predicted octanol–water partition coefficient (Wildman–Crippen LogP) is 3.66. The number of aliphatic hydroxyl groups is 1. The van der Waals surface area contributed by atoms with Crippen molar-refractivity contribution in [1.29, 1.82) is 0 Å². The molecule has 7 nitrogen and oxygen atoms in total. The number of benzene rings is 2. The first kappa shape index (κ1) is 18.1. The van der Waals surface area contributed by atoms with Crippen LogP contribution in [0, 0.1) is 13.8 Å². The minimum atomic E-state index is -0.349.